The van der Waals surface area contributed by atoms with Gasteiger partial charge in [-0.15, -0.1) is 22.9 Å². The van der Waals surface area contributed by atoms with E-state index in [-0.39, 0.29) is 0 Å². The predicted molar refractivity (Wildman–Crippen MR) is 59.7 cm³/mol. The van der Waals surface area contributed by atoms with Crippen molar-refractivity contribution in [3.63, 3.8) is 0 Å². The lowest BCUT2D eigenvalue weighted by molar-refractivity contribution is 0.680. The summed E-state index contributed by atoms with van der Waals surface area (Å²) >= 11 is 8.14. The van der Waals surface area contributed by atoms with Crippen LogP contribution in [0.4, 0.5) is 0 Å². The summed E-state index contributed by atoms with van der Waals surface area (Å²) in [6.45, 7) is 2.16. The first-order valence-electron chi connectivity index (χ1n) is 4.95. The van der Waals surface area contributed by atoms with E-state index in [4.69, 9.17) is 11.6 Å². The van der Waals surface area contributed by atoms with Crippen LogP contribution in [0.3, 0.4) is 0 Å². The number of hydrogen-bond acceptors (Lipinski definition) is 1. The molecule has 1 heterocycles. The first kappa shape index (κ1) is 9.54. The van der Waals surface area contributed by atoms with Crippen molar-refractivity contribution in [1.82, 2.24) is 0 Å². The van der Waals surface area contributed by atoms with Crippen LogP contribution in [-0.4, -0.2) is 5.38 Å². The zero-order chi connectivity index (χ0) is 9.26. The SMILES string of the molecule is Cc1ccc(CCC(Cl)C2CC2)s1. The van der Waals surface area contributed by atoms with Crippen LogP contribution in [0.2, 0.25) is 0 Å². The fourth-order valence-corrected chi connectivity index (χ4v) is 2.86. The topological polar surface area (TPSA) is 0 Å². The minimum Gasteiger partial charge on any atom is -0.146 e. The average molecular weight is 215 g/mol. The Morgan fingerprint density at radius 3 is 2.85 bits per heavy atom. The van der Waals surface area contributed by atoms with Crippen LogP contribution >= 0.6 is 22.9 Å². The number of alkyl halides is 1. The van der Waals surface area contributed by atoms with E-state index in [0.717, 1.165) is 12.3 Å². The van der Waals surface area contributed by atoms with E-state index < -0.39 is 0 Å². The number of thiophene rings is 1. The lowest BCUT2D eigenvalue weighted by atomic mass is 10.1. The van der Waals surface area contributed by atoms with Crippen LogP contribution in [0, 0.1) is 12.8 Å². The van der Waals surface area contributed by atoms with Gasteiger partial charge in [0.15, 0.2) is 0 Å². The van der Waals surface area contributed by atoms with Crippen molar-refractivity contribution in [1.29, 1.82) is 0 Å². The molecular weight excluding hydrogens is 200 g/mol. The van der Waals surface area contributed by atoms with Gasteiger partial charge >= 0.3 is 0 Å². The summed E-state index contributed by atoms with van der Waals surface area (Å²) < 4.78 is 0. The second-order valence-corrected chi connectivity index (χ2v) is 5.84. The van der Waals surface area contributed by atoms with E-state index in [0.29, 0.717) is 5.38 Å². The third-order valence-corrected chi connectivity index (χ3v) is 4.23. The quantitative estimate of drug-likeness (QED) is 0.665. The molecule has 13 heavy (non-hydrogen) atoms. The highest BCUT2D eigenvalue weighted by Crippen LogP contribution is 2.37. The van der Waals surface area contributed by atoms with Gasteiger partial charge in [-0.3, -0.25) is 0 Å². The molecule has 0 radical (unpaired) electrons. The smallest absolute Gasteiger partial charge is 0.0367 e. The van der Waals surface area contributed by atoms with Crippen LogP contribution in [0.25, 0.3) is 0 Å². The predicted octanol–water partition coefficient (Wildman–Crippen LogP) is 4.01. The molecule has 1 aliphatic rings. The van der Waals surface area contributed by atoms with E-state index in [2.05, 4.69) is 19.1 Å². The molecule has 0 saturated heterocycles. The van der Waals surface area contributed by atoms with E-state index in [1.165, 1.54) is 29.0 Å². The van der Waals surface area contributed by atoms with Gasteiger partial charge in [-0.2, -0.15) is 0 Å². The molecule has 1 saturated carbocycles. The van der Waals surface area contributed by atoms with Gasteiger partial charge in [-0.25, -0.2) is 0 Å². The molecule has 1 aromatic rings. The Morgan fingerprint density at radius 1 is 1.54 bits per heavy atom. The molecule has 1 aromatic heterocycles. The summed E-state index contributed by atoms with van der Waals surface area (Å²) in [7, 11) is 0. The highest BCUT2D eigenvalue weighted by molar-refractivity contribution is 7.11. The molecule has 2 rings (SSSR count). The number of halogens is 1. The van der Waals surface area contributed by atoms with Gasteiger partial charge in [0.25, 0.3) is 0 Å². The van der Waals surface area contributed by atoms with Crippen molar-refractivity contribution in [2.45, 2.75) is 38.0 Å². The molecule has 72 valence electrons. The average Bonchev–Trinajstić information content (AvgIpc) is 2.87. The van der Waals surface area contributed by atoms with Crippen molar-refractivity contribution < 1.29 is 0 Å². The zero-order valence-electron chi connectivity index (χ0n) is 7.92. The molecule has 1 aliphatic carbocycles. The lowest BCUT2D eigenvalue weighted by Crippen LogP contribution is -2.01. The second kappa shape index (κ2) is 4.02. The Labute approximate surface area is 88.9 Å². The largest absolute Gasteiger partial charge is 0.146 e. The normalized spacial score (nSPS) is 18.9. The highest BCUT2D eigenvalue weighted by atomic mass is 35.5. The molecule has 0 N–H and O–H groups in total. The summed E-state index contributed by atoms with van der Waals surface area (Å²) in [5.74, 6) is 0.836. The fourth-order valence-electron chi connectivity index (χ4n) is 1.59. The van der Waals surface area contributed by atoms with Gasteiger partial charge in [0.1, 0.15) is 0 Å². The minimum atomic E-state index is 0.433. The Bertz CT molecular complexity index is 275. The molecule has 1 fully saturated rings. The van der Waals surface area contributed by atoms with Crippen molar-refractivity contribution >= 4 is 22.9 Å². The van der Waals surface area contributed by atoms with E-state index in [9.17, 15) is 0 Å². The van der Waals surface area contributed by atoms with Crippen LogP contribution in [0.1, 0.15) is 29.0 Å². The number of rotatable bonds is 4. The molecule has 0 spiro atoms. The van der Waals surface area contributed by atoms with Gasteiger partial charge in [0.2, 0.25) is 0 Å². The zero-order valence-corrected chi connectivity index (χ0v) is 9.50. The summed E-state index contributed by atoms with van der Waals surface area (Å²) in [6, 6.07) is 4.43. The Morgan fingerprint density at radius 2 is 2.31 bits per heavy atom. The molecule has 0 nitrogen and oxygen atoms in total. The third kappa shape index (κ3) is 2.72. The summed E-state index contributed by atoms with van der Waals surface area (Å²) in [5, 5.41) is 0.433. The first-order chi connectivity index (χ1) is 6.25. The molecule has 0 bridgehead atoms. The number of aryl methyl sites for hydroxylation is 2. The fraction of sp³-hybridized carbons (Fsp3) is 0.636. The Balaban J connectivity index is 1.78. The standard InChI is InChI=1S/C11H15ClS/c1-8-2-5-10(13-8)6-7-11(12)9-3-4-9/h2,5,9,11H,3-4,6-7H2,1H3. The van der Waals surface area contributed by atoms with Crippen LogP contribution in [0.5, 0.6) is 0 Å². The molecule has 2 heteroatoms. The Kier molecular flexibility index (Phi) is 2.95. The van der Waals surface area contributed by atoms with Crippen molar-refractivity contribution in [2.24, 2.45) is 5.92 Å². The van der Waals surface area contributed by atoms with Gasteiger partial charge in [0.05, 0.1) is 0 Å². The molecule has 0 aromatic carbocycles. The molecule has 0 aliphatic heterocycles. The van der Waals surface area contributed by atoms with E-state index in [1.807, 2.05) is 11.3 Å². The van der Waals surface area contributed by atoms with E-state index >= 15 is 0 Å². The van der Waals surface area contributed by atoms with Gasteiger partial charge in [-0.1, -0.05) is 0 Å². The lowest BCUT2D eigenvalue weighted by Gasteiger charge is -2.05. The number of hydrogen-bond donors (Lipinski definition) is 0. The summed E-state index contributed by atoms with van der Waals surface area (Å²) in [6.07, 6.45) is 5.05. The van der Waals surface area contributed by atoms with Gasteiger partial charge < -0.3 is 0 Å². The van der Waals surface area contributed by atoms with Gasteiger partial charge in [0, 0.05) is 15.1 Å². The summed E-state index contributed by atoms with van der Waals surface area (Å²) in [4.78, 5) is 2.90. The second-order valence-electron chi connectivity index (χ2n) is 3.90. The monoisotopic (exact) mass is 214 g/mol. The Hall–Kier alpha value is -0.0100. The van der Waals surface area contributed by atoms with E-state index in [1.54, 1.807) is 0 Å². The molecular formula is C11H15ClS. The van der Waals surface area contributed by atoms with Crippen LogP contribution in [-0.2, 0) is 6.42 Å². The molecule has 1 atom stereocenters. The highest BCUT2D eigenvalue weighted by Gasteiger charge is 2.29. The van der Waals surface area contributed by atoms with Crippen molar-refractivity contribution in [3.8, 4) is 0 Å². The maximum Gasteiger partial charge on any atom is 0.0367 e. The summed E-state index contributed by atoms with van der Waals surface area (Å²) in [5.41, 5.74) is 0. The minimum absolute atomic E-state index is 0.433. The first-order valence-corrected chi connectivity index (χ1v) is 6.20. The molecule has 1 unspecified atom stereocenters. The van der Waals surface area contributed by atoms with Crippen LogP contribution in [0.15, 0.2) is 12.1 Å². The van der Waals surface area contributed by atoms with Crippen molar-refractivity contribution in [2.75, 3.05) is 0 Å². The van der Waals surface area contributed by atoms with Gasteiger partial charge in [-0.05, 0) is 50.7 Å². The van der Waals surface area contributed by atoms with Crippen molar-refractivity contribution in [3.05, 3.63) is 21.9 Å². The van der Waals surface area contributed by atoms with Crippen LogP contribution < -0.4 is 0 Å². The third-order valence-electron chi connectivity index (χ3n) is 2.60. The molecule has 0 amide bonds. The maximum absolute atomic E-state index is 6.24. The maximum atomic E-state index is 6.24.